The maximum atomic E-state index is 12.4. The third kappa shape index (κ3) is 3.02. The Labute approximate surface area is 160 Å². The van der Waals surface area contributed by atoms with Crippen molar-refractivity contribution in [3.05, 3.63) is 69.8 Å². The van der Waals surface area contributed by atoms with Crippen LogP contribution in [0.2, 0.25) is 0 Å². The molecule has 0 N–H and O–H groups in total. The number of cyclic esters (lactones) is 2. The lowest BCUT2D eigenvalue weighted by Gasteiger charge is -2.35. The minimum Gasteiger partial charge on any atom is -0.393 e. The van der Waals surface area contributed by atoms with Crippen LogP contribution in [0.5, 0.6) is 0 Å². The number of ether oxygens (including phenoxy) is 1. The predicted molar refractivity (Wildman–Crippen MR) is 99.4 cm³/mol. The Morgan fingerprint density at radius 3 is 2.59 bits per heavy atom. The van der Waals surface area contributed by atoms with Crippen molar-refractivity contribution in [1.29, 1.82) is 0 Å². The molecule has 0 bridgehead atoms. The van der Waals surface area contributed by atoms with Gasteiger partial charge in [0.15, 0.2) is 0 Å². The summed E-state index contributed by atoms with van der Waals surface area (Å²) in [7, 11) is 0. The first-order valence-electron chi connectivity index (χ1n) is 8.70. The van der Waals surface area contributed by atoms with Gasteiger partial charge in [0.1, 0.15) is 0 Å². The van der Waals surface area contributed by atoms with Crippen LogP contribution in [-0.4, -0.2) is 22.1 Å². The molecule has 0 spiro atoms. The second-order valence-corrected chi connectivity index (χ2v) is 8.27. The van der Waals surface area contributed by atoms with E-state index in [4.69, 9.17) is 4.74 Å². The number of carbonyl (C=O) groups is 2. The van der Waals surface area contributed by atoms with Gasteiger partial charge in [-0.15, -0.1) is 11.8 Å². The van der Waals surface area contributed by atoms with Crippen LogP contribution >= 0.6 is 11.8 Å². The Balaban J connectivity index is 1.73. The number of benzene rings is 2. The van der Waals surface area contributed by atoms with Gasteiger partial charge in [0.2, 0.25) is 0 Å². The molecular formula is C20H17NO5S. The summed E-state index contributed by atoms with van der Waals surface area (Å²) in [6, 6.07) is 14.3. The SMILES string of the molecule is CC(Sc1ccccc1[N+](=O)[O-])[C@H]1c2ccccc2C[C@H]2C(=O)OC(=O)[C@@H]12. The molecule has 0 aromatic heterocycles. The van der Waals surface area contributed by atoms with Gasteiger partial charge in [0.25, 0.3) is 5.69 Å². The van der Waals surface area contributed by atoms with Crippen LogP contribution in [0.4, 0.5) is 5.69 Å². The zero-order chi connectivity index (χ0) is 19.1. The molecule has 1 fully saturated rings. The molecule has 1 aliphatic heterocycles. The molecule has 2 aliphatic rings. The van der Waals surface area contributed by atoms with Crippen molar-refractivity contribution in [2.24, 2.45) is 11.8 Å². The zero-order valence-corrected chi connectivity index (χ0v) is 15.3. The third-order valence-electron chi connectivity index (χ3n) is 5.33. The number of nitro groups is 1. The van der Waals surface area contributed by atoms with E-state index in [1.54, 1.807) is 18.2 Å². The molecule has 1 aliphatic carbocycles. The predicted octanol–water partition coefficient (Wildman–Crippen LogP) is 3.73. The van der Waals surface area contributed by atoms with Crippen molar-refractivity contribution in [3.8, 4) is 0 Å². The van der Waals surface area contributed by atoms with Crippen LogP contribution in [0.15, 0.2) is 53.4 Å². The maximum absolute atomic E-state index is 12.4. The largest absolute Gasteiger partial charge is 0.393 e. The fourth-order valence-electron chi connectivity index (χ4n) is 4.16. The lowest BCUT2D eigenvalue weighted by atomic mass is 9.69. The first-order valence-corrected chi connectivity index (χ1v) is 9.58. The number of hydrogen-bond acceptors (Lipinski definition) is 6. The van der Waals surface area contributed by atoms with Crippen molar-refractivity contribution >= 4 is 29.4 Å². The van der Waals surface area contributed by atoms with E-state index in [2.05, 4.69) is 0 Å². The number of para-hydroxylation sites is 1. The molecule has 7 heteroatoms. The molecule has 1 saturated heterocycles. The lowest BCUT2D eigenvalue weighted by molar-refractivity contribution is -0.387. The van der Waals surface area contributed by atoms with Crippen LogP contribution < -0.4 is 0 Å². The van der Waals surface area contributed by atoms with E-state index in [0.29, 0.717) is 11.3 Å². The number of fused-ring (bicyclic) bond motifs is 2. The van der Waals surface area contributed by atoms with E-state index in [0.717, 1.165) is 11.1 Å². The van der Waals surface area contributed by atoms with Crippen molar-refractivity contribution in [1.82, 2.24) is 0 Å². The number of nitro benzene ring substituents is 1. The quantitative estimate of drug-likeness (QED) is 0.263. The number of hydrogen-bond donors (Lipinski definition) is 0. The highest BCUT2D eigenvalue weighted by atomic mass is 32.2. The molecule has 1 unspecified atom stereocenters. The molecule has 4 rings (SSSR count). The molecule has 0 saturated carbocycles. The van der Waals surface area contributed by atoms with Gasteiger partial charge in [-0.3, -0.25) is 19.7 Å². The molecule has 0 amide bonds. The Hall–Kier alpha value is -2.67. The van der Waals surface area contributed by atoms with Gasteiger partial charge in [-0.1, -0.05) is 43.3 Å². The fourth-order valence-corrected chi connectivity index (χ4v) is 5.45. The summed E-state index contributed by atoms with van der Waals surface area (Å²) in [5, 5.41) is 11.2. The van der Waals surface area contributed by atoms with E-state index in [1.807, 2.05) is 31.2 Å². The second kappa shape index (κ2) is 6.81. The molecule has 2 aromatic carbocycles. The van der Waals surface area contributed by atoms with E-state index >= 15 is 0 Å². The van der Waals surface area contributed by atoms with E-state index in [9.17, 15) is 19.7 Å². The van der Waals surface area contributed by atoms with Crippen LogP contribution in [0.1, 0.15) is 24.0 Å². The number of nitrogens with zero attached hydrogens (tertiary/aromatic N) is 1. The molecule has 0 radical (unpaired) electrons. The van der Waals surface area contributed by atoms with Gasteiger partial charge < -0.3 is 4.74 Å². The maximum Gasteiger partial charge on any atom is 0.318 e. The first kappa shape index (κ1) is 17.7. The molecule has 138 valence electrons. The van der Waals surface area contributed by atoms with Crippen LogP contribution in [0.25, 0.3) is 0 Å². The standard InChI is InChI=1S/C20H17NO5S/c1-11(27-16-9-5-4-8-15(16)21(24)25)17-13-7-3-2-6-12(13)10-14-18(17)20(23)26-19(14)22/h2-9,11,14,17-18H,10H2,1H3/t11?,14-,17+,18-/m1/s1. The van der Waals surface area contributed by atoms with Crippen molar-refractivity contribution in [3.63, 3.8) is 0 Å². The van der Waals surface area contributed by atoms with Gasteiger partial charge >= 0.3 is 11.9 Å². The second-order valence-electron chi connectivity index (χ2n) is 6.85. The Morgan fingerprint density at radius 1 is 1.11 bits per heavy atom. The van der Waals surface area contributed by atoms with Crippen molar-refractivity contribution in [2.45, 2.75) is 29.4 Å². The molecule has 4 atom stereocenters. The first-order chi connectivity index (χ1) is 13.0. The fraction of sp³-hybridized carbons (Fsp3) is 0.300. The Morgan fingerprint density at radius 2 is 1.81 bits per heavy atom. The topological polar surface area (TPSA) is 86.5 Å². The van der Waals surface area contributed by atoms with Gasteiger partial charge in [-0.25, -0.2) is 0 Å². The van der Waals surface area contributed by atoms with Gasteiger partial charge in [0.05, 0.1) is 21.7 Å². The Bertz CT molecular complexity index is 943. The summed E-state index contributed by atoms with van der Waals surface area (Å²) in [4.78, 5) is 36.0. The summed E-state index contributed by atoms with van der Waals surface area (Å²) >= 11 is 1.36. The van der Waals surface area contributed by atoms with Crippen LogP contribution in [-0.2, 0) is 20.7 Å². The normalized spacial score (nSPS) is 24.7. The molecule has 1 heterocycles. The lowest BCUT2D eigenvalue weighted by Crippen LogP contribution is -2.36. The molecular weight excluding hydrogens is 366 g/mol. The van der Waals surface area contributed by atoms with E-state index in [-0.39, 0.29) is 16.9 Å². The minimum absolute atomic E-state index is 0.0417. The van der Waals surface area contributed by atoms with E-state index < -0.39 is 28.7 Å². The van der Waals surface area contributed by atoms with Crippen LogP contribution in [0.3, 0.4) is 0 Å². The highest BCUT2D eigenvalue weighted by molar-refractivity contribution is 8.00. The number of esters is 2. The highest BCUT2D eigenvalue weighted by Gasteiger charge is 2.53. The average molecular weight is 383 g/mol. The van der Waals surface area contributed by atoms with Gasteiger partial charge in [-0.2, -0.15) is 0 Å². The molecule has 2 aromatic rings. The summed E-state index contributed by atoms with van der Waals surface area (Å²) < 4.78 is 4.94. The van der Waals surface area contributed by atoms with Crippen LogP contribution in [0, 0.1) is 22.0 Å². The minimum atomic E-state index is -0.544. The number of thioether (sulfide) groups is 1. The zero-order valence-electron chi connectivity index (χ0n) is 14.5. The third-order valence-corrected chi connectivity index (χ3v) is 6.60. The highest BCUT2D eigenvalue weighted by Crippen LogP contribution is 2.50. The van der Waals surface area contributed by atoms with Gasteiger partial charge in [0, 0.05) is 17.2 Å². The van der Waals surface area contributed by atoms with Crippen molar-refractivity contribution < 1.29 is 19.2 Å². The average Bonchev–Trinajstić information content (AvgIpc) is 2.93. The van der Waals surface area contributed by atoms with Crippen molar-refractivity contribution in [2.75, 3.05) is 0 Å². The number of carbonyl (C=O) groups excluding carboxylic acids is 2. The smallest absolute Gasteiger partial charge is 0.318 e. The molecule has 6 nitrogen and oxygen atoms in total. The molecule has 27 heavy (non-hydrogen) atoms. The Kier molecular flexibility index (Phi) is 4.47. The number of rotatable bonds is 4. The summed E-state index contributed by atoms with van der Waals surface area (Å²) in [6.07, 6.45) is 0.491. The summed E-state index contributed by atoms with van der Waals surface area (Å²) in [5.41, 5.74) is 2.09. The summed E-state index contributed by atoms with van der Waals surface area (Å²) in [5.74, 6) is -2.22. The monoisotopic (exact) mass is 383 g/mol. The van der Waals surface area contributed by atoms with Gasteiger partial charge in [-0.05, 0) is 23.6 Å². The van der Waals surface area contributed by atoms with E-state index in [1.165, 1.54) is 17.8 Å². The summed E-state index contributed by atoms with van der Waals surface area (Å²) in [6.45, 7) is 1.95.